The Kier molecular flexibility index (Phi) is 2.00. The highest BCUT2D eigenvalue weighted by Crippen LogP contribution is 1.81. The molecule has 0 aliphatic heterocycles. The summed E-state index contributed by atoms with van der Waals surface area (Å²) < 4.78 is 20.2. The maximum Gasteiger partial charge on any atom is 0.214 e. The van der Waals surface area contributed by atoms with E-state index in [1.165, 1.54) is 0 Å². The predicted octanol–water partition coefficient (Wildman–Crippen LogP) is -1.25. The summed E-state index contributed by atoms with van der Waals surface area (Å²) in [6, 6.07) is 0. The van der Waals surface area contributed by atoms with E-state index in [9.17, 15) is 8.42 Å². The Balaban J connectivity index is 3.95. The van der Waals surface area contributed by atoms with Gasteiger partial charge in [0.15, 0.2) is 0 Å². The molecule has 0 radical (unpaired) electrons. The second-order valence-corrected chi connectivity index (χ2v) is 3.08. The number of nitrogens with two attached hydrogens (primary N) is 2. The first-order chi connectivity index (χ1) is 3.42. The van der Waals surface area contributed by atoms with Crippen molar-refractivity contribution in [2.75, 3.05) is 5.75 Å². The molecule has 0 bridgehead atoms. The van der Waals surface area contributed by atoms with Gasteiger partial charge in [0.25, 0.3) is 0 Å². The predicted molar refractivity (Wildman–Crippen MR) is 31.3 cm³/mol. The lowest BCUT2D eigenvalue weighted by Gasteiger charge is -1.92. The first-order valence-corrected chi connectivity index (χ1v) is 3.57. The van der Waals surface area contributed by atoms with Gasteiger partial charge in [0.1, 0.15) is 5.75 Å². The normalized spacial score (nSPS) is 11.1. The lowest BCUT2D eigenvalue weighted by Crippen LogP contribution is -2.20. The Morgan fingerprint density at radius 3 is 2.00 bits per heavy atom. The monoisotopic (exact) mass is 136 g/mol. The summed E-state index contributed by atoms with van der Waals surface area (Å²) in [5, 5.41) is 4.57. The van der Waals surface area contributed by atoms with Gasteiger partial charge in [-0.25, -0.2) is 13.6 Å². The Labute approximate surface area is 48.2 Å². The van der Waals surface area contributed by atoms with E-state index in [1.54, 1.807) is 0 Å². The molecule has 0 aliphatic carbocycles. The highest BCUT2D eigenvalue weighted by atomic mass is 32.2. The number of hydrogen-bond acceptors (Lipinski definition) is 3. The van der Waals surface area contributed by atoms with E-state index in [0.717, 1.165) is 0 Å². The molecule has 8 heavy (non-hydrogen) atoms. The fraction of sp³-hybridized carbons (Fsp3) is 0.333. The van der Waals surface area contributed by atoms with Crippen LogP contribution in [-0.2, 0) is 10.0 Å². The number of primary sulfonamides is 1. The molecule has 0 atom stereocenters. The van der Waals surface area contributed by atoms with Crippen LogP contribution in [0, 0.1) is 0 Å². The average Bonchev–Trinajstić information content (AvgIpc) is 1.21. The van der Waals surface area contributed by atoms with Crippen LogP contribution in [0.15, 0.2) is 12.3 Å². The molecule has 0 spiro atoms. The Morgan fingerprint density at radius 1 is 1.62 bits per heavy atom. The van der Waals surface area contributed by atoms with Crippen molar-refractivity contribution in [1.29, 1.82) is 0 Å². The van der Waals surface area contributed by atoms with E-state index in [2.05, 4.69) is 11.7 Å². The third-order valence-corrected chi connectivity index (χ3v) is 1.16. The third-order valence-electron chi connectivity index (χ3n) is 0.387. The molecule has 0 unspecified atom stereocenters. The van der Waals surface area contributed by atoms with E-state index in [0.29, 0.717) is 0 Å². The van der Waals surface area contributed by atoms with Crippen LogP contribution in [0.4, 0.5) is 0 Å². The van der Waals surface area contributed by atoms with Crippen LogP contribution >= 0.6 is 0 Å². The highest BCUT2D eigenvalue weighted by Gasteiger charge is 2.00. The molecule has 0 aromatic rings. The van der Waals surface area contributed by atoms with Crippen LogP contribution in [0.2, 0.25) is 0 Å². The molecule has 48 valence electrons. The van der Waals surface area contributed by atoms with Crippen molar-refractivity contribution < 1.29 is 8.42 Å². The molecular weight excluding hydrogens is 128 g/mol. The van der Waals surface area contributed by atoms with Gasteiger partial charge in [-0.1, -0.05) is 6.58 Å². The minimum absolute atomic E-state index is 0.0625. The number of rotatable bonds is 2. The average molecular weight is 136 g/mol. The fourth-order valence-corrected chi connectivity index (χ4v) is 0.775. The van der Waals surface area contributed by atoms with E-state index in [-0.39, 0.29) is 11.4 Å². The summed E-state index contributed by atoms with van der Waals surface area (Å²) in [7, 11) is -3.45. The van der Waals surface area contributed by atoms with Crippen LogP contribution in [0.3, 0.4) is 0 Å². The van der Waals surface area contributed by atoms with Crippen molar-refractivity contribution >= 4 is 10.0 Å². The zero-order chi connectivity index (χ0) is 6.78. The molecule has 0 aromatic carbocycles. The van der Waals surface area contributed by atoms with Gasteiger partial charge in [-0.05, 0) is 0 Å². The first-order valence-electron chi connectivity index (χ1n) is 1.85. The van der Waals surface area contributed by atoms with E-state index >= 15 is 0 Å². The molecule has 0 aromatic heterocycles. The molecule has 0 rings (SSSR count). The van der Waals surface area contributed by atoms with Crippen LogP contribution in [0.1, 0.15) is 0 Å². The maximum atomic E-state index is 10.1. The summed E-state index contributed by atoms with van der Waals surface area (Å²) in [6.45, 7) is 3.16. The van der Waals surface area contributed by atoms with Crippen LogP contribution in [-0.4, -0.2) is 14.2 Å². The smallest absolute Gasteiger partial charge is 0.214 e. The summed E-state index contributed by atoms with van der Waals surface area (Å²) in [5.74, 6) is -0.340. The molecule has 0 saturated heterocycles. The lowest BCUT2D eigenvalue weighted by atomic mass is 10.6. The SMILES string of the molecule is C=C(N)CS(N)(=O)=O. The molecule has 0 saturated carbocycles. The summed E-state index contributed by atoms with van der Waals surface area (Å²) >= 11 is 0. The number of sulfonamides is 1. The van der Waals surface area contributed by atoms with Crippen LogP contribution in [0.5, 0.6) is 0 Å². The van der Waals surface area contributed by atoms with E-state index < -0.39 is 10.0 Å². The van der Waals surface area contributed by atoms with Crippen molar-refractivity contribution in [3.05, 3.63) is 12.3 Å². The topological polar surface area (TPSA) is 86.2 Å². The van der Waals surface area contributed by atoms with Gasteiger partial charge in [0, 0.05) is 5.70 Å². The van der Waals surface area contributed by atoms with Crippen molar-refractivity contribution in [2.45, 2.75) is 0 Å². The molecule has 0 amide bonds. The zero-order valence-electron chi connectivity index (χ0n) is 4.29. The zero-order valence-corrected chi connectivity index (χ0v) is 5.11. The standard InChI is InChI=1S/C3H8N2O2S/c1-3(4)2-8(5,6)7/h1-2,4H2,(H2,5,6,7). The molecule has 0 aliphatic rings. The largest absolute Gasteiger partial charge is 0.402 e. The van der Waals surface area contributed by atoms with Gasteiger partial charge in [0.05, 0.1) is 0 Å². The van der Waals surface area contributed by atoms with Crippen molar-refractivity contribution in [1.82, 2.24) is 0 Å². The van der Waals surface area contributed by atoms with E-state index in [1.807, 2.05) is 0 Å². The Bertz CT molecular complexity index is 181. The Morgan fingerprint density at radius 2 is 2.00 bits per heavy atom. The molecular formula is C3H8N2O2S. The Hall–Kier alpha value is -0.550. The van der Waals surface area contributed by atoms with Gasteiger partial charge in [-0.2, -0.15) is 0 Å². The third kappa shape index (κ3) is 5.45. The maximum absolute atomic E-state index is 10.1. The summed E-state index contributed by atoms with van der Waals surface area (Å²) in [5.41, 5.74) is 4.99. The second-order valence-electron chi connectivity index (χ2n) is 1.47. The first kappa shape index (κ1) is 7.45. The van der Waals surface area contributed by atoms with Gasteiger partial charge < -0.3 is 5.73 Å². The summed E-state index contributed by atoms with van der Waals surface area (Å²) in [6.07, 6.45) is 0. The van der Waals surface area contributed by atoms with Crippen molar-refractivity contribution in [2.24, 2.45) is 10.9 Å². The van der Waals surface area contributed by atoms with Crippen LogP contribution in [0.25, 0.3) is 0 Å². The van der Waals surface area contributed by atoms with E-state index in [4.69, 9.17) is 5.73 Å². The highest BCUT2D eigenvalue weighted by molar-refractivity contribution is 7.89. The van der Waals surface area contributed by atoms with Crippen molar-refractivity contribution in [3.8, 4) is 0 Å². The quantitative estimate of drug-likeness (QED) is 0.497. The molecule has 0 fully saturated rings. The minimum Gasteiger partial charge on any atom is -0.402 e. The van der Waals surface area contributed by atoms with Crippen LogP contribution < -0.4 is 10.9 Å². The van der Waals surface area contributed by atoms with Crippen molar-refractivity contribution in [3.63, 3.8) is 0 Å². The second kappa shape index (κ2) is 2.15. The lowest BCUT2D eigenvalue weighted by molar-refractivity contribution is 0.600. The van der Waals surface area contributed by atoms with Gasteiger partial charge in [-0.3, -0.25) is 0 Å². The number of hydrogen-bond donors (Lipinski definition) is 2. The van der Waals surface area contributed by atoms with Gasteiger partial charge in [-0.15, -0.1) is 0 Å². The van der Waals surface area contributed by atoms with Gasteiger partial charge in [0.2, 0.25) is 10.0 Å². The molecule has 0 heterocycles. The van der Waals surface area contributed by atoms with Gasteiger partial charge >= 0.3 is 0 Å². The minimum atomic E-state index is -3.45. The summed E-state index contributed by atoms with van der Waals surface area (Å²) in [4.78, 5) is 0. The fourth-order valence-electron chi connectivity index (χ4n) is 0.258. The molecule has 5 heteroatoms. The molecule has 4 nitrogen and oxygen atoms in total. The molecule has 4 N–H and O–H groups in total.